The van der Waals surface area contributed by atoms with Gasteiger partial charge in [-0.2, -0.15) is 0 Å². The number of rotatable bonds is 5. The average Bonchev–Trinajstić information content (AvgIpc) is 3.05. The third-order valence-corrected chi connectivity index (χ3v) is 5.65. The minimum Gasteiger partial charge on any atom is -0.368 e. The van der Waals surface area contributed by atoms with E-state index >= 15 is 0 Å². The normalized spacial score (nSPS) is 15.4. The van der Waals surface area contributed by atoms with Crippen molar-refractivity contribution < 1.29 is 4.79 Å². The molecule has 28 heavy (non-hydrogen) atoms. The van der Waals surface area contributed by atoms with Crippen LogP contribution in [0.4, 0.5) is 11.4 Å². The van der Waals surface area contributed by atoms with Crippen molar-refractivity contribution in [1.29, 1.82) is 0 Å². The number of amides is 1. The predicted octanol–water partition coefficient (Wildman–Crippen LogP) is 5.59. The van der Waals surface area contributed by atoms with Crippen molar-refractivity contribution >= 4 is 28.9 Å². The van der Waals surface area contributed by atoms with Gasteiger partial charge in [-0.15, -0.1) is 0 Å². The molecular formula is C24H23ClN2O. The number of carbonyl (C=O) groups is 1. The highest BCUT2D eigenvalue weighted by atomic mass is 35.5. The van der Waals surface area contributed by atoms with Crippen LogP contribution in [0.25, 0.3) is 0 Å². The maximum Gasteiger partial charge on any atom is 0.257 e. The predicted molar refractivity (Wildman–Crippen MR) is 117 cm³/mol. The van der Waals surface area contributed by atoms with E-state index in [1.807, 2.05) is 18.2 Å². The summed E-state index contributed by atoms with van der Waals surface area (Å²) in [6.07, 6.45) is 2.00. The van der Waals surface area contributed by atoms with Gasteiger partial charge in [0.05, 0.1) is 10.6 Å². The molecule has 1 aliphatic rings. The summed E-state index contributed by atoms with van der Waals surface area (Å²) < 4.78 is 0. The summed E-state index contributed by atoms with van der Waals surface area (Å²) in [6.45, 7) is 3.16. The van der Waals surface area contributed by atoms with Crippen LogP contribution in [0.2, 0.25) is 5.02 Å². The number of hydrogen-bond donors (Lipinski definition) is 1. The second-order valence-corrected chi connectivity index (χ2v) is 7.52. The minimum atomic E-state index is -0.184. The average molecular weight is 391 g/mol. The van der Waals surface area contributed by atoms with Gasteiger partial charge < -0.3 is 10.2 Å². The summed E-state index contributed by atoms with van der Waals surface area (Å²) in [6, 6.07) is 24.3. The fourth-order valence-corrected chi connectivity index (χ4v) is 4.23. The first-order valence-electron chi connectivity index (χ1n) is 9.65. The highest BCUT2D eigenvalue weighted by molar-refractivity contribution is 6.34. The molecule has 1 unspecified atom stereocenters. The van der Waals surface area contributed by atoms with Crippen molar-refractivity contribution in [2.75, 3.05) is 16.8 Å². The van der Waals surface area contributed by atoms with Crippen LogP contribution in [-0.4, -0.2) is 18.5 Å². The Bertz CT molecular complexity index is 987. The lowest BCUT2D eigenvalue weighted by Crippen LogP contribution is -2.33. The largest absolute Gasteiger partial charge is 0.368 e. The molecule has 0 radical (unpaired) electrons. The lowest BCUT2D eigenvalue weighted by atomic mass is 10.0. The summed E-state index contributed by atoms with van der Waals surface area (Å²) in [5.41, 5.74) is 5.19. The van der Waals surface area contributed by atoms with E-state index < -0.39 is 0 Å². The minimum absolute atomic E-state index is 0.184. The molecule has 0 saturated carbocycles. The molecule has 0 spiro atoms. The van der Waals surface area contributed by atoms with Gasteiger partial charge in [0.15, 0.2) is 0 Å². The Morgan fingerprint density at radius 3 is 2.57 bits per heavy atom. The van der Waals surface area contributed by atoms with Crippen molar-refractivity contribution in [3.8, 4) is 0 Å². The van der Waals surface area contributed by atoms with E-state index in [-0.39, 0.29) is 5.91 Å². The first kappa shape index (κ1) is 18.6. The Labute approximate surface area is 171 Å². The van der Waals surface area contributed by atoms with E-state index in [0.29, 0.717) is 16.6 Å². The van der Waals surface area contributed by atoms with E-state index in [4.69, 9.17) is 11.6 Å². The first-order chi connectivity index (χ1) is 13.7. The number of nitrogens with zero attached hydrogens (tertiary/aromatic N) is 1. The number of likely N-dealkylation sites (N-methyl/N-ethyl adjacent to an activating group) is 1. The number of nitrogens with one attached hydrogen (secondary N) is 1. The molecule has 0 aromatic heterocycles. The number of halogens is 1. The van der Waals surface area contributed by atoms with Gasteiger partial charge in [-0.05, 0) is 61.2 Å². The second kappa shape index (κ2) is 8.07. The number of benzene rings is 3. The fourth-order valence-electron chi connectivity index (χ4n) is 4.01. The molecule has 0 bridgehead atoms. The Kier molecular flexibility index (Phi) is 5.36. The number of anilines is 2. The third-order valence-electron chi connectivity index (χ3n) is 5.32. The molecule has 3 aromatic rings. The van der Waals surface area contributed by atoms with Gasteiger partial charge in [-0.1, -0.05) is 54.1 Å². The summed E-state index contributed by atoms with van der Waals surface area (Å²) >= 11 is 6.15. The summed E-state index contributed by atoms with van der Waals surface area (Å²) in [7, 11) is 0. The summed E-state index contributed by atoms with van der Waals surface area (Å²) in [5.74, 6) is -0.184. The zero-order valence-electron chi connectivity index (χ0n) is 15.9. The van der Waals surface area contributed by atoms with E-state index in [1.54, 1.807) is 12.1 Å². The molecule has 0 saturated heterocycles. The summed E-state index contributed by atoms with van der Waals surface area (Å²) in [4.78, 5) is 15.0. The third kappa shape index (κ3) is 3.76. The Morgan fingerprint density at radius 1 is 1.07 bits per heavy atom. The van der Waals surface area contributed by atoms with Crippen LogP contribution in [0, 0.1) is 0 Å². The van der Waals surface area contributed by atoms with Crippen LogP contribution in [0.3, 0.4) is 0 Å². The Balaban J connectivity index is 1.53. The van der Waals surface area contributed by atoms with Crippen LogP contribution in [0.5, 0.6) is 0 Å². The molecule has 1 heterocycles. The van der Waals surface area contributed by atoms with Crippen molar-refractivity contribution in [3.05, 3.63) is 94.5 Å². The second-order valence-electron chi connectivity index (χ2n) is 7.11. The molecule has 1 atom stereocenters. The lowest BCUT2D eigenvalue weighted by molar-refractivity contribution is 0.102. The molecule has 3 aromatic carbocycles. The molecule has 1 amide bonds. The summed E-state index contributed by atoms with van der Waals surface area (Å²) in [5, 5.41) is 3.44. The van der Waals surface area contributed by atoms with Crippen molar-refractivity contribution in [2.24, 2.45) is 0 Å². The van der Waals surface area contributed by atoms with Gasteiger partial charge in [0.25, 0.3) is 5.91 Å². The lowest BCUT2D eigenvalue weighted by Gasteiger charge is -2.26. The first-order valence-corrected chi connectivity index (χ1v) is 10.0. The Hall–Kier alpha value is -2.78. The van der Waals surface area contributed by atoms with E-state index in [1.165, 1.54) is 16.8 Å². The number of hydrogen-bond acceptors (Lipinski definition) is 2. The molecule has 0 fully saturated rings. The van der Waals surface area contributed by atoms with Crippen LogP contribution in [0.15, 0.2) is 72.8 Å². The van der Waals surface area contributed by atoms with Gasteiger partial charge in [-0.3, -0.25) is 4.79 Å². The zero-order valence-corrected chi connectivity index (χ0v) is 16.6. The maximum absolute atomic E-state index is 12.6. The molecule has 3 nitrogen and oxygen atoms in total. The molecule has 1 aliphatic heterocycles. The van der Waals surface area contributed by atoms with E-state index in [0.717, 1.165) is 25.1 Å². The van der Waals surface area contributed by atoms with Gasteiger partial charge in [0, 0.05) is 24.0 Å². The quantitative estimate of drug-likeness (QED) is 0.616. The van der Waals surface area contributed by atoms with Crippen LogP contribution < -0.4 is 10.2 Å². The van der Waals surface area contributed by atoms with Crippen molar-refractivity contribution in [3.63, 3.8) is 0 Å². The van der Waals surface area contributed by atoms with Crippen molar-refractivity contribution in [1.82, 2.24) is 0 Å². The smallest absolute Gasteiger partial charge is 0.257 e. The molecular weight excluding hydrogens is 368 g/mol. The van der Waals surface area contributed by atoms with Crippen LogP contribution >= 0.6 is 11.6 Å². The molecule has 142 valence electrons. The fraction of sp³-hybridized carbons (Fsp3) is 0.208. The van der Waals surface area contributed by atoms with E-state index in [2.05, 4.69) is 59.6 Å². The molecule has 1 N–H and O–H groups in total. The van der Waals surface area contributed by atoms with Gasteiger partial charge >= 0.3 is 0 Å². The molecule has 0 aliphatic carbocycles. The standard InChI is InChI=1S/C24H23ClN2O/c1-2-27-20(14-17-8-4-3-5-9-17)16-18-15-19(12-13-23(18)27)26-24(28)21-10-6-7-11-22(21)25/h3-13,15,20H,2,14,16H2,1H3,(H,26,28). The topological polar surface area (TPSA) is 32.3 Å². The number of carbonyl (C=O) groups excluding carboxylic acids is 1. The zero-order chi connectivity index (χ0) is 19.5. The van der Waals surface area contributed by atoms with Crippen LogP contribution in [0.1, 0.15) is 28.4 Å². The number of fused-ring (bicyclic) bond motifs is 1. The molecule has 4 rings (SSSR count). The monoisotopic (exact) mass is 390 g/mol. The highest BCUT2D eigenvalue weighted by Gasteiger charge is 2.28. The van der Waals surface area contributed by atoms with E-state index in [9.17, 15) is 4.79 Å². The van der Waals surface area contributed by atoms with Crippen molar-refractivity contribution in [2.45, 2.75) is 25.8 Å². The van der Waals surface area contributed by atoms with Gasteiger partial charge in [-0.25, -0.2) is 0 Å². The SMILES string of the molecule is CCN1c2ccc(NC(=O)c3ccccc3Cl)cc2CC1Cc1ccccc1. The van der Waals surface area contributed by atoms with Crippen LogP contribution in [-0.2, 0) is 12.8 Å². The van der Waals surface area contributed by atoms with Gasteiger partial charge in [0.1, 0.15) is 0 Å². The highest BCUT2D eigenvalue weighted by Crippen LogP contribution is 2.35. The van der Waals surface area contributed by atoms with Gasteiger partial charge in [0.2, 0.25) is 0 Å². The maximum atomic E-state index is 12.6. The Morgan fingerprint density at radius 2 is 1.82 bits per heavy atom. The molecule has 4 heteroatoms.